The fourth-order valence-electron chi connectivity index (χ4n) is 1.47. The first-order valence-corrected chi connectivity index (χ1v) is 5.59. The lowest BCUT2D eigenvalue weighted by Crippen LogP contribution is -2.32. The molecule has 8 heteroatoms. The average Bonchev–Trinajstić information content (AvgIpc) is 2.27. The summed E-state index contributed by atoms with van der Waals surface area (Å²) in [5.74, 6) is 0.741. The molecule has 0 bridgehead atoms. The SMILES string of the molecule is CCNc1cc(N(CCO)CC(F)F)nc(N)n1. The molecular weight excluding hydrogens is 244 g/mol. The van der Waals surface area contributed by atoms with Crippen molar-refractivity contribution in [2.24, 2.45) is 0 Å². The average molecular weight is 261 g/mol. The molecule has 0 unspecified atom stereocenters. The van der Waals surface area contributed by atoms with Crippen LogP contribution in [-0.2, 0) is 0 Å². The number of hydrogen-bond acceptors (Lipinski definition) is 6. The van der Waals surface area contributed by atoms with E-state index in [0.717, 1.165) is 0 Å². The van der Waals surface area contributed by atoms with Crippen molar-refractivity contribution < 1.29 is 13.9 Å². The van der Waals surface area contributed by atoms with E-state index in [1.54, 1.807) is 0 Å². The van der Waals surface area contributed by atoms with Crippen LogP contribution in [-0.4, -0.2) is 47.7 Å². The maximum atomic E-state index is 12.4. The van der Waals surface area contributed by atoms with Gasteiger partial charge in [0.05, 0.1) is 13.2 Å². The van der Waals surface area contributed by atoms with Gasteiger partial charge in [0.25, 0.3) is 6.43 Å². The van der Waals surface area contributed by atoms with Crippen LogP contribution >= 0.6 is 0 Å². The van der Waals surface area contributed by atoms with Gasteiger partial charge in [-0.3, -0.25) is 0 Å². The highest BCUT2D eigenvalue weighted by atomic mass is 19.3. The summed E-state index contributed by atoms with van der Waals surface area (Å²) in [4.78, 5) is 9.09. The first kappa shape index (κ1) is 14.4. The lowest BCUT2D eigenvalue weighted by molar-refractivity contribution is 0.152. The summed E-state index contributed by atoms with van der Waals surface area (Å²) in [6, 6.07) is 1.53. The number of nitrogens with two attached hydrogens (primary N) is 1. The summed E-state index contributed by atoms with van der Waals surface area (Å²) < 4.78 is 24.9. The molecule has 1 aromatic rings. The third-order valence-electron chi connectivity index (χ3n) is 2.14. The predicted octanol–water partition coefficient (Wildman–Crippen LogP) is 0.554. The van der Waals surface area contributed by atoms with E-state index in [1.165, 1.54) is 11.0 Å². The number of nitrogens with zero attached hydrogens (tertiary/aromatic N) is 3. The van der Waals surface area contributed by atoms with Gasteiger partial charge in [-0.1, -0.05) is 0 Å². The smallest absolute Gasteiger partial charge is 0.255 e. The van der Waals surface area contributed by atoms with Gasteiger partial charge in [0.2, 0.25) is 5.95 Å². The fraction of sp³-hybridized carbons (Fsp3) is 0.600. The monoisotopic (exact) mass is 261 g/mol. The number of hydrogen-bond donors (Lipinski definition) is 3. The number of nitrogen functional groups attached to an aromatic ring is 1. The Bertz CT molecular complexity index is 377. The highest BCUT2D eigenvalue weighted by Crippen LogP contribution is 2.17. The Morgan fingerprint density at radius 2 is 2.22 bits per heavy atom. The molecule has 0 saturated heterocycles. The molecule has 6 nitrogen and oxygen atoms in total. The quantitative estimate of drug-likeness (QED) is 0.664. The van der Waals surface area contributed by atoms with Crippen molar-refractivity contribution in [1.29, 1.82) is 0 Å². The molecule has 0 radical (unpaired) electrons. The zero-order valence-electron chi connectivity index (χ0n) is 10.1. The van der Waals surface area contributed by atoms with E-state index in [0.29, 0.717) is 12.4 Å². The minimum atomic E-state index is -2.52. The van der Waals surface area contributed by atoms with Crippen LogP contribution in [0.15, 0.2) is 6.07 Å². The third kappa shape index (κ3) is 4.28. The Labute approximate surface area is 104 Å². The van der Waals surface area contributed by atoms with Crippen LogP contribution in [0.25, 0.3) is 0 Å². The Balaban J connectivity index is 2.95. The van der Waals surface area contributed by atoms with Gasteiger partial charge in [-0.25, -0.2) is 8.78 Å². The van der Waals surface area contributed by atoms with Crippen LogP contribution in [0.2, 0.25) is 0 Å². The van der Waals surface area contributed by atoms with E-state index < -0.39 is 13.0 Å². The van der Waals surface area contributed by atoms with Gasteiger partial charge in [0.15, 0.2) is 0 Å². The number of anilines is 3. The van der Waals surface area contributed by atoms with Crippen LogP contribution in [0.1, 0.15) is 6.92 Å². The fourth-order valence-corrected chi connectivity index (χ4v) is 1.47. The van der Waals surface area contributed by atoms with E-state index in [2.05, 4.69) is 15.3 Å². The van der Waals surface area contributed by atoms with Crippen molar-refractivity contribution in [3.8, 4) is 0 Å². The van der Waals surface area contributed by atoms with Gasteiger partial charge >= 0.3 is 0 Å². The third-order valence-corrected chi connectivity index (χ3v) is 2.14. The van der Waals surface area contributed by atoms with E-state index in [4.69, 9.17) is 10.8 Å². The highest BCUT2D eigenvalue weighted by molar-refractivity contribution is 5.52. The van der Waals surface area contributed by atoms with Gasteiger partial charge < -0.3 is 21.1 Å². The molecular formula is C10H17F2N5O. The number of aliphatic hydroxyl groups is 1. The van der Waals surface area contributed by atoms with Gasteiger partial charge in [-0.05, 0) is 6.92 Å². The molecule has 0 aliphatic carbocycles. The summed E-state index contributed by atoms with van der Waals surface area (Å²) in [5.41, 5.74) is 5.52. The van der Waals surface area contributed by atoms with Crippen LogP contribution in [0.3, 0.4) is 0 Å². The topological polar surface area (TPSA) is 87.3 Å². The molecule has 0 aliphatic heterocycles. The molecule has 1 aromatic heterocycles. The molecule has 0 saturated carbocycles. The number of halogens is 2. The summed E-state index contributed by atoms with van der Waals surface area (Å²) in [5, 5.41) is 11.8. The van der Waals surface area contributed by atoms with Crippen molar-refractivity contribution in [3.63, 3.8) is 0 Å². The maximum Gasteiger partial charge on any atom is 0.255 e. The molecule has 102 valence electrons. The molecule has 18 heavy (non-hydrogen) atoms. The second-order valence-electron chi connectivity index (χ2n) is 3.56. The van der Waals surface area contributed by atoms with Crippen LogP contribution in [0.5, 0.6) is 0 Å². The van der Waals surface area contributed by atoms with Gasteiger partial charge in [-0.2, -0.15) is 9.97 Å². The van der Waals surface area contributed by atoms with E-state index in [1.807, 2.05) is 6.92 Å². The number of aromatic nitrogens is 2. The van der Waals surface area contributed by atoms with E-state index in [9.17, 15) is 8.78 Å². The largest absolute Gasteiger partial charge is 0.395 e. The standard InChI is InChI=1S/C10H17F2N5O/c1-2-14-8-5-9(16-10(13)15-8)17(3-4-18)6-7(11)12/h5,7,18H,2-4,6H2,1H3,(H3,13,14,15,16). The molecule has 0 fully saturated rings. The Kier molecular flexibility index (Phi) is 5.50. The predicted molar refractivity (Wildman–Crippen MR) is 65.9 cm³/mol. The summed E-state index contributed by atoms with van der Waals surface area (Å²) >= 11 is 0. The van der Waals surface area contributed by atoms with Crippen LogP contribution < -0.4 is 16.0 Å². The molecule has 1 heterocycles. The van der Waals surface area contributed by atoms with Gasteiger partial charge in [-0.15, -0.1) is 0 Å². The van der Waals surface area contributed by atoms with Crippen molar-refractivity contribution in [2.45, 2.75) is 13.3 Å². The van der Waals surface area contributed by atoms with E-state index in [-0.39, 0.29) is 24.9 Å². The lowest BCUT2D eigenvalue weighted by atomic mass is 10.4. The highest BCUT2D eigenvalue weighted by Gasteiger charge is 2.15. The zero-order chi connectivity index (χ0) is 13.5. The second-order valence-corrected chi connectivity index (χ2v) is 3.56. The van der Waals surface area contributed by atoms with Gasteiger partial charge in [0, 0.05) is 19.2 Å². The van der Waals surface area contributed by atoms with Crippen molar-refractivity contribution in [2.75, 3.05) is 42.2 Å². The van der Waals surface area contributed by atoms with Crippen LogP contribution in [0, 0.1) is 0 Å². The Morgan fingerprint density at radius 1 is 1.50 bits per heavy atom. The molecule has 1 rings (SSSR count). The maximum absolute atomic E-state index is 12.4. The Hall–Kier alpha value is -1.70. The molecule has 0 amide bonds. The normalized spacial score (nSPS) is 10.7. The molecule has 0 spiro atoms. The molecule has 0 aliphatic rings. The number of aliphatic hydroxyl groups excluding tert-OH is 1. The van der Waals surface area contributed by atoms with Crippen LogP contribution in [0.4, 0.5) is 26.4 Å². The zero-order valence-corrected chi connectivity index (χ0v) is 10.1. The van der Waals surface area contributed by atoms with Crippen molar-refractivity contribution in [1.82, 2.24) is 9.97 Å². The van der Waals surface area contributed by atoms with Crippen molar-refractivity contribution >= 4 is 17.6 Å². The summed E-state index contributed by atoms with van der Waals surface area (Å²) in [6.07, 6.45) is -2.52. The number of rotatable bonds is 7. The van der Waals surface area contributed by atoms with Gasteiger partial charge in [0.1, 0.15) is 11.6 Å². The Morgan fingerprint density at radius 3 is 2.78 bits per heavy atom. The molecule has 4 N–H and O–H groups in total. The van der Waals surface area contributed by atoms with Crippen molar-refractivity contribution in [3.05, 3.63) is 6.07 Å². The number of nitrogens with one attached hydrogen (secondary N) is 1. The van der Waals surface area contributed by atoms with E-state index >= 15 is 0 Å². The number of alkyl halides is 2. The first-order valence-electron chi connectivity index (χ1n) is 5.59. The molecule has 0 aromatic carbocycles. The molecule has 0 atom stereocenters. The first-order chi connectivity index (χ1) is 8.56. The summed E-state index contributed by atoms with van der Waals surface area (Å²) in [6.45, 7) is 1.81. The lowest BCUT2D eigenvalue weighted by Gasteiger charge is -2.22. The minimum absolute atomic E-state index is 0.000608. The summed E-state index contributed by atoms with van der Waals surface area (Å²) in [7, 11) is 0. The minimum Gasteiger partial charge on any atom is -0.395 e. The second kappa shape index (κ2) is 6.90.